The van der Waals surface area contributed by atoms with E-state index in [1.165, 1.54) is 5.56 Å². The van der Waals surface area contributed by atoms with E-state index in [4.69, 9.17) is 21.3 Å². The summed E-state index contributed by atoms with van der Waals surface area (Å²) < 4.78 is 35.5. The van der Waals surface area contributed by atoms with Gasteiger partial charge >= 0.3 is 0 Å². The van der Waals surface area contributed by atoms with Gasteiger partial charge < -0.3 is 20.3 Å². The molecule has 0 spiro atoms. The van der Waals surface area contributed by atoms with Crippen molar-refractivity contribution in [1.82, 2.24) is 9.80 Å². The van der Waals surface area contributed by atoms with E-state index in [0.29, 0.717) is 30.4 Å². The first-order chi connectivity index (χ1) is 19.3. The smallest absolute Gasteiger partial charge is 0.264 e. The van der Waals surface area contributed by atoms with Crippen LogP contribution < -0.4 is 14.8 Å². The van der Waals surface area contributed by atoms with Gasteiger partial charge in [0.2, 0.25) is 0 Å². The zero-order chi connectivity index (χ0) is 27.9. The third kappa shape index (κ3) is 5.40. The number of nitrogens with zero attached hydrogens (tertiary/aromatic N) is 3. The zero-order valence-electron chi connectivity index (χ0n) is 22.3. The molecule has 1 saturated heterocycles. The van der Waals surface area contributed by atoms with E-state index >= 15 is 0 Å². The van der Waals surface area contributed by atoms with Crippen molar-refractivity contribution in [3.8, 4) is 5.75 Å². The van der Waals surface area contributed by atoms with Crippen LogP contribution >= 0.6 is 11.3 Å². The lowest BCUT2D eigenvalue weighted by molar-refractivity contribution is 0.131. The van der Waals surface area contributed by atoms with E-state index in [1.807, 2.05) is 35.7 Å². The Morgan fingerprint density at radius 1 is 0.950 bits per heavy atom. The second-order valence-electron chi connectivity index (χ2n) is 10.6. The minimum absolute atomic E-state index is 0.0304. The van der Waals surface area contributed by atoms with Crippen LogP contribution in [0.2, 0.25) is 0 Å². The number of fused-ring (bicyclic) bond motifs is 1. The van der Waals surface area contributed by atoms with Crippen molar-refractivity contribution in [1.29, 1.82) is 10.8 Å². The number of nitrogens with one attached hydrogen (secondary N) is 2. The maximum atomic E-state index is 13.8. The van der Waals surface area contributed by atoms with E-state index in [-0.39, 0.29) is 23.0 Å². The van der Waals surface area contributed by atoms with E-state index in [0.717, 1.165) is 55.6 Å². The number of piperidine rings is 1. The van der Waals surface area contributed by atoms with Crippen molar-refractivity contribution in [3.63, 3.8) is 0 Å². The molecule has 40 heavy (non-hydrogen) atoms. The van der Waals surface area contributed by atoms with Crippen LogP contribution in [0.4, 0.5) is 5.69 Å². The molecule has 11 heteroatoms. The van der Waals surface area contributed by atoms with E-state index in [2.05, 4.69) is 4.90 Å². The Bertz CT molecular complexity index is 1490. The second kappa shape index (κ2) is 10.8. The van der Waals surface area contributed by atoms with E-state index in [9.17, 15) is 8.42 Å². The topological polar surface area (TPSA) is 127 Å². The minimum Gasteiger partial charge on any atom is -0.490 e. The molecule has 1 aromatic heterocycles. The summed E-state index contributed by atoms with van der Waals surface area (Å²) in [5, 5.41) is 18.2. The molecule has 0 unspecified atom stereocenters. The molecule has 210 valence electrons. The van der Waals surface area contributed by atoms with Gasteiger partial charge in [-0.3, -0.25) is 15.1 Å². The molecule has 0 bridgehead atoms. The van der Waals surface area contributed by atoms with Gasteiger partial charge in [-0.05, 0) is 78.2 Å². The number of nitrogens with two attached hydrogens (primary N) is 1. The normalized spacial score (nSPS) is 17.8. The number of anilines is 1. The van der Waals surface area contributed by atoms with Crippen LogP contribution in [0.5, 0.6) is 5.75 Å². The molecule has 2 fully saturated rings. The second-order valence-corrected chi connectivity index (χ2v) is 13.4. The number of sulfonamides is 1. The zero-order valence-corrected chi connectivity index (χ0v) is 23.9. The SMILES string of the molecule is N=C(N)N1CCc2ccc(N(C3CC3)S(=O)(=O)c3ccc(OC4CCN(C(=N)c5cccs5)CC4)cc3)cc2C1. The molecule has 0 amide bonds. The largest absolute Gasteiger partial charge is 0.490 e. The summed E-state index contributed by atoms with van der Waals surface area (Å²) in [4.78, 5) is 5.11. The third-order valence-electron chi connectivity index (χ3n) is 7.87. The van der Waals surface area contributed by atoms with Crippen LogP contribution in [-0.4, -0.2) is 61.8 Å². The summed E-state index contributed by atoms with van der Waals surface area (Å²) in [5.74, 6) is 1.26. The molecule has 2 aliphatic heterocycles. The van der Waals surface area contributed by atoms with Crippen molar-refractivity contribution in [2.75, 3.05) is 23.9 Å². The Labute approximate surface area is 239 Å². The molecule has 3 aliphatic rings. The average Bonchev–Trinajstić information content (AvgIpc) is 3.62. The average molecular weight is 579 g/mol. The van der Waals surface area contributed by atoms with Crippen molar-refractivity contribution < 1.29 is 13.2 Å². The number of hydrogen-bond donors (Lipinski definition) is 3. The number of benzene rings is 2. The quantitative estimate of drug-likeness (QED) is 0.285. The van der Waals surface area contributed by atoms with Gasteiger partial charge in [0.15, 0.2) is 5.96 Å². The van der Waals surface area contributed by atoms with Crippen molar-refractivity contribution in [2.24, 2.45) is 5.73 Å². The summed E-state index contributed by atoms with van der Waals surface area (Å²) in [7, 11) is -3.77. The van der Waals surface area contributed by atoms with Crippen LogP contribution in [0.25, 0.3) is 0 Å². The Morgan fingerprint density at radius 3 is 2.35 bits per heavy atom. The number of hydrogen-bond acceptors (Lipinski definition) is 6. The first kappa shape index (κ1) is 26.6. The molecular weight excluding hydrogens is 544 g/mol. The number of likely N-dealkylation sites (tertiary alicyclic amines) is 1. The van der Waals surface area contributed by atoms with Crippen molar-refractivity contribution in [2.45, 2.75) is 55.7 Å². The van der Waals surface area contributed by atoms with Gasteiger partial charge in [0.25, 0.3) is 10.0 Å². The summed E-state index contributed by atoms with van der Waals surface area (Å²) in [6.07, 6.45) is 4.09. The molecule has 4 N–H and O–H groups in total. The van der Waals surface area contributed by atoms with Gasteiger partial charge in [-0.25, -0.2) is 8.42 Å². The molecule has 0 radical (unpaired) electrons. The highest BCUT2D eigenvalue weighted by Gasteiger charge is 2.39. The number of ether oxygens (including phenoxy) is 1. The third-order valence-corrected chi connectivity index (χ3v) is 10.6. The van der Waals surface area contributed by atoms with Crippen LogP contribution in [-0.2, 0) is 23.0 Å². The lowest BCUT2D eigenvalue weighted by Crippen LogP contribution is -2.41. The minimum atomic E-state index is -3.77. The summed E-state index contributed by atoms with van der Waals surface area (Å²) in [6.45, 7) is 2.72. The molecule has 9 nitrogen and oxygen atoms in total. The molecular formula is C29H34N6O3S2. The van der Waals surface area contributed by atoms with Gasteiger partial charge in [-0.2, -0.15) is 0 Å². The Hall–Kier alpha value is -3.57. The Balaban J connectivity index is 1.13. The fourth-order valence-corrected chi connectivity index (χ4v) is 7.91. The summed E-state index contributed by atoms with van der Waals surface area (Å²) in [6, 6.07) is 16.5. The van der Waals surface area contributed by atoms with Gasteiger partial charge in [-0.1, -0.05) is 12.1 Å². The standard InChI is InChI=1S/C29H34N6O3S2/c30-28(27-2-1-17-39-27)33-15-12-25(13-16-33)38-24-7-9-26(10-8-24)40(36,37)35(22-5-6-22)23-4-3-20-11-14-34(29(31)32)19-21(20)18-23/h1-4,7-10,17-18,22,25,30H,5-6,11-16,19H2,(H3,31,32). The molecule has 1 saturated carbocycles. The van der Waals surface area contributed by atoms with Crippen LogP contribution in [0.15, 0.2) is 64.9 Å². The molecule has 3 heterocycles. The highest BCUT2D eigenvalue weighted by molar-refractivity contribution is 7.92. The van der Waals surface area contributed by atoms with Gasteiger partial charge in [0, 0.05) is 45.1 Å². The molecule has 6 rings (SSSR count). The van der Waals surface area contributed by atoms with Crippen molar-refractivity contribution in [3.05, 3.63) is 76.0 Å². The molecule has 0 atom stereocenters. The summed E-state index contributed by atoms with van der Waals surface area (Å²) in [5.41, 5.74) is 8.56. The lowest BCUT2D eigenvalue weighted by atomic mass is 9.99. The van der Waals surface area contributed by atoms with Crippen LogP contribution in [0.3, 0.4) is 0 Å². The summed E-state index contributed by atoms with van der Waals surface area (Å²) >= 11 is 1.58. The van der Waals surface area contributed by atoms with Gasteiger partial charge in [0.1, 0.15) is 17.7 Å². The lowest BCUT2D eigenvalue weighted by Gasteiger charge is -2.33. The first-order valence-corrected chi connectivity index (χ1v) is 16.0. The fourth-order valence-electron chi connectivity index (χ4n) is 5.50. The number of rotatable bonds is 7. The predicted molar refractivity (Wildman–Crippen MR) is 158 cm³/mol. The Morgan fingerprint density at radius 2 is 1.70 bits per heavy atom. The highest BCUT2D eigenvalue weighted by atomic mass is 32.2. The maximum Gasteiger partial charge on any atom is 0.264 e. The number of amidine groups is 1. The predicted octanol–water partition coefficient (Wildman–Crippen LogP) is 4.23. The van der Waals surface area contributed by atoms with E-state index in [1.54, 1.807) is 44.8 Å². The highest BCUT2D eigenvalue weighted by Crippen LogP contribution is 2.38. The molecule has 3 aromatic rings. The van der Waals surface area contributed by atoms with Crippen molar-refractivity contribution >= 4 is 38.8 Å². The van der Waals surface area contributed by atoms with Gasteiger partial charge in [-0.15, -0.1) is 11.3 Å². The molecule has 2 aromatic carbocycles. The fraction of sp³-hybridized carbons (Fsp3) is 0.379. The number of thiophene rings is 1. The maximum absolute atomic E-state index is 13.8. The molecule has 1 aliphatic carbocycles. The monoisotopic (exact) mass is 578 g/mol. The van der Waals surface area contributed by atoms with Crippen LogP contribution in [0, 0.1) is 10.8 Å². The van der Waals surface area contributed by atoms with Gasteiger partial charge in [0.05, 0.1) is 15.5 Å². The van der Waals surface area contributed by atoms with E-state index < -0.39 is 10.0 Å². The van der Waals surface area contributed by atoms with Crippen LogP contribution in [0.1, 0.15) is 41.7 Å². The Kier molecular flexibility index (Phi) is 7.18. The number of guanidine groups is 1. The first-order valence-electron chi connectivity index (χ1n) is 13.7.